The second-order valence-electron chi connectivity index (χ2n) is 9.10. The summed E-state index contributed by atoms with van der Waals surface area (Å²) >= 11 is 1.78. The first-order valence-electron chi connectivity index (χ1n) is 11.6. The summed E-state index contributed by atoms with van der Waals surface area (Å²) in [5.74, 6) is -3.38. The molecule has 0 unspecified atom stereocenters. The highest BCUT2D eigenvalue weighted by molar-refractivity contribution is 7.09. The third-order valence-electron chi connectivity index (χ3n) is 6.34. The lowest BCUT2D eigenvalue weighted by atomic mass is 9.71. The van der Waals surface area contributed by atoms with E-state index in [-0.39, 0.29) is 0 Å². The van der Waals surface area contributed by atoms with Crippen molar-refractivity contribution in [3.8, 4) is 0 Å². The molecular weight excluding hydrogens is 544 g/mol. The number of aryl methyl sites for hydroxylation is 1. The summed E-state index contributed by atoms with van der Waals surface area (Å²) in [7, 11) is 0. The van der Waals surface area contributed by atoms with E-state index < -0.39 is 24.3 Å². The molecule has 0 bridgehead atoms. The van der Waals surface area contributed by atoms with Crippen LogP contribution in [-0.4, -0.2) is 75.5 Å². The van der Waals surface area contributed by atoms with Gasteiger partial charge >= 0.3 is 24.3 Å². The van der Waals surface area contributed by atoms with E-state index in [0.717, 1.165) is 24.6 Å². The molecular formula is C23H29F6N3O5S. The van der Waals surface area contributed by atoms with E-state index >= 15 is 0 Å². The molecule has 1 spiro atoms. The summed E-state index contributed by atoms with van der Waals surface area (Å²) in [6.07, 6.45) is -2.85. The second-order valence-corrected chi connectivity index (χ2v) is 10.1. The van der Waals surface area contributed by atoms with Crippen molar-refractivity contribution in [3.05, 3.63) is 40.2 Å². The molecule has 2 N–H and O–H groups in total. The van der Waals surface area contributed by atoms with Crippen molar-refractivity contribution in [2.24, 2.45) is 5.41 Å². The molecule has 0 radical (unpaired) electrons. The van der Waals surface area contributed by atoms with Crippen LogP contribution in [0.5, 0.6) is 0 Å². The number of rotatable bonds is 4. The van der Waals surface area contributed by atoms with Gasteiger partial charge in [-0.3, -0.25) is 9.80 Å². The average molecular weight is 574 g/mol. The predicted molar refractivity (Wildman–Crippen MR) is 124 cm³/mol. The lowest BCUT2D eigenvalue weighted by molar-refractivity contribution is -0.193. The summed E-state index contributed by atoms with van der Waals surface area (Å²) in [4.78, 5) is 27.4. The van der Waals surface area contributed by atoms with Crippen LogP contribution >= 0.6 is 11.3 Å². The first-order chi connectivity index (χ1) is 17.6. The summed E-state index contributed by atoms with van der Waals surface area (Å²) < 4.78 is 69.2. The molecule has 0 aromatic carbocycles. The molecule has 15 heteroatoms. The Morgan fingerprint density at radius 2 is 1.37 bits per heavy atom. The van der Waals surface area contributed by atoms with E-state index in [0.29, 0.717) is 5.41 Å². The Bertz CT molecular complexity index is 984. The molecule has 0 amide bonds. The lowest BCUT2D eigenvalue weighted by Crippen LogP contribution is -2.46. The van der Waals surface area contributed by atoms with Gasteiger partial charge in [0, 0.05) is 11.6 Å². The van der Waals surface area contributed by atoms with Crippen LogP contribution in [0.2, 0.25) is 0 Å². The van der Waals surface area contributed by atoms with Crippen LogP contribution in [-0.2, 0) is 22.7 Å². The minimum Gasteiger partial charge on any atom is -0.475 e. The zero-order valence-electron chi connectivity index (χ0n) is 20.5. The normalized spacial score (nSPS) is 18.2. The molecule has 2 fully saturated rings. The van der Waals surface area contributed by atoms with Gasteiger partial charge in [-0.25, -0.2) is 14.6 Å². The summed E-state index contributed by atoms with van der Waals surface area (Å²) in [6, 6.07) is 4.19. The zero-order chi connectivity index (χ0) is 28.6. The van der Waals surface area contributed by atoms with Gasteiger partial charge < -0.3 is 14.6 Å². The molecule has 2 aromatic rings. The predicted octanol–water partition coefficient (Wildman–Crippen LogP) is 5.19. The highest BCUT2D eigenvalue weighted by atomic mass is 32.1. The van der Waals surface area contributed by atoms with E-state index in [4.69, 9.17) is 24.2 Å². The maximum absolute atomic E-state index is 10.6. The van der Waals surface area contributed by atoms with Gasteiger partial charge in [-0.05, 0) is 76.3 Å². The van der Waals surface area contributed by atoms with Crippen LogP contribution in [0, 0.1) is 12.3 Å². The molecule has 214 valence electrons. The van der Waals surface area contributed by atoms with Crippen molar-refractivity contribution in [1.82, 2.24) is 14.8 Å². The Morgan fingerprint density at radius 3 is 1.71 bits per heavy atom. The van der Waals surface area contributed by atoms with Gasteiger partial charge in [0.1, 0.15) is 16.5 Å². The molecule has 2 aromatic heterocycles. The quantitative estimate of drug-likeness (QED) is 0.482. The number of halogens is 6. The van der Waals surface area contributed by atoms with E-state index in [2.05, 4.69) is 32.3 Å². The minimum absolute atomic E-state index is 0.592. The van der Waals surface area contributed by atoms with Gasteiger partial charge in [-0.1, -0.05) is 0 Å². The zero-order valence-corrected chi connectivity index (χ0v) is 21.3. The number of piperidine rings is 2. The number of likely N-dealkylation sites (tertiary alicyclic amines) is 2. The van der Waals surface area contributed by atoms with Crippen molar-refractivity contribution < 1.29 is 50.6 Å². The van der Waals surface area contributed by atoms with Crippen molar-refractivity contribution in [1.29, 1.82) is 0 Å². The number of thiazole rings is 1. The van der Waals surface area contributed by atoms with Gasteiger partial charge in [0.05, 0.1) is 13.1 Å². The smallest absolute Gasteiger partial charge is 0.475 e. The van der Waals surface area contributed by atoms with Crippen LogP contribution in [0.25, 0.3) is 0 Å². The van der Waals surface area contributed by atoms with Crippen molar-refractivity contribution in [3.63, 3.8) is 0 Å². The van der Waals surface area contributed by atoms with Crippen LogP contribution in [0.15, 0.2) is 28.1 Å². The third-order valence-corrected chi connectivity index (χ3v) is 7.10. The van der Waals surface area contributed by atoms with Gasteiger partial charge in [0.15, 0.2) is 0 Å². The monoisotopic (exact) mass is 573 g/mol. The number of carboxylic acids is 2. The number of aliphatic carboxylic acids is 2. The molecule has 2 saturated heterocycles. The minimum atomic E-state index is -5.08. The molecule has 8 nitrogen and oxygen atoms in total. The Kier molecular flexibility index (Phi) is 11.2. The lowest BCUT2D eigenvalue weighted by Gasteiger charge is -2.46. The molecule has 0 saturated carbocycles. The Balaban J connectivity index is 0.000000301. The molecule has 38 heavy (non-hydrogen) atoms. The van der Waals surface area contributed by atoms with E-state index in [1.54, 1.807) is 11.3 Å². The Hall–Kier alpha value is -2.65. The van der Waals surface area contributed by atoms with E-state index in [9.17, 15) is 26.3 Å². The SMILES string of the molecule is Cc1ccc(CN2CCC3(CC2)CCN(Cc2nccs2)CC3)o1.O=C(O)C(F)(F)F.O=C(O)C(F)(F)F. The highest BCUT2D eigenvalue weighted by Crippen LogP contribution is 2.41. The number of hydrogen-bond donors (Lipinski definition) is 2. The third kappa shape index (κ3) is 10.6. The largest absolute Gasteiger partial charge is 0.490 e. The number of nitrogens with zero attached hydrogens (tertiary/aromatic N) is 3. The number of furan rings is 1. The van der Waals surface area contributed by atoms with Crippen molar-refractivity contribution in [2.75, 3.05) is 26.2 Å². The van der Waals surface area contributed by atoms with E-state index in [1.807, 2.05) is 13.1 Å². The first kappa shape index (κ1) is 31.6. The Labute approximate surface area is 218 Å². The van der Waals surface area contributed by atoms with Crippen LogP contribution in [0.4, 0.5) is 26.3 Å². The molecule has 0 atom stereocenters. The average Bonchev–Trinajstić information content (AvgIpc) is 3.48. The van der Waals surface area contributed by atoms with Crippen LogP contribution in [0.1, 0.15) is 42.2 Å². The molecule has 0 aliphatic carbocycles. The fourth-order valence-electron chi connectivity index (χ4n) is 4.18. The van der Waals surface area contributed by atoms with Gasteiger partial charge in [-0.15, -0.1) is 11.3 Å². The number of alkyl halides is 6. The number of aromatic nitrogens is 1. The van der Waals surface area contributed by atoms with Gasteiger partial charge in [-0.2, -0.15) is 26.3 Å². The molecule has 4 heterocycles. The maximum atomic E-state index is 10.6. The topological polar surface area (TPSA) is 107 Å². The van der Waals surface area contributed by atoms with Crippen molar-refractivity contribution >= 4 is 23.3 Å². The molecule has 4 rings (SSSR count). The number of hydrogen-bond acceptors (Lipinski definition) is 7. The van der Waals surface area contributed by atoms with E-state index in [1.165, 1.54) is 56.9 Å². The van der Waals surface area contributed by atoms with Crippen LogP contribution in [0.3, 0.4) is 0 Å². The first-order valence-corrected chi connectivity index (χ1v) is 12.5. The Morgan fingerprint density at radius 1 is 0.921 bits per heavy atom. The van der Waals surface area contributed by atoms with Crippen LogP contribution < -0.4 is 0 Å². The standard InChI is InChI=1S/C19H27N3OS.2C2HF3O2/c1-16-2-3-17(23-16)14-21-9-4-19(5-10-21)6-11-22(12-7-19)15-18-20-8-13-24-18;2*3-2(4,5)1(6)7/h2-3,8,13H,4-7,9-12,14-15H2,1H3;2*(H,6,7). The second kappa shape index (κ2) is 13.4. The summed E-state index contributed by atoms with van der Waals surface area (Å²) in [6.45, 7) is 8.93. The summed E-state index contributed by atoms with van der Waals surface area (Å²) in [5, 5.41) is 17.6. The number of carbonyl (C=O) groups is 2. The van der Waals surface area contributed by atoms with Gasteiger partial charge in [0.2, 0.25) is 0 Å². The highest BCUT2D eigenvalue weighted by Gasteiger charge is 2.39. The van der Waals surface area contributed by atoms with Crippen molar-refractivity contribution in [2.45, 2.75) is 58.0 Å². The number of carboxylic acid groups (broad SMARTS) is 2. The maximum Gasteiger partial charge on any atom is 0.490 e. The molecule has 2 aliphatic rings. The summed E-state index contributed by atoms with van der Waals surface area (Å²) in [5.41, 5.74) is 0.592. The fourth-order valence-corrected chi connectivity index (χ4v) is 4.84. The molecule has 2 aliphatic heterocycles. The fraction of sp³-hybridized carbons (Fsp3) is 0.609. The van der Waals surface area contributed by atoms with Gasteiger partial charge in [0.25, 0.3) is 0 Å².